The number of carbonyl (C=O) groups is 1. The van der Waals surface area contributed by atoms with Gasteiger partial charge in [0.05, 0.1) is 7.11 Å². The number of alkyl halides is 3. The molecule has 0 unspecified atom stereocenters. The zero-order valence-electron chi connectivity index (χ0n) is 8.74. The third-order valence-electron chi connectivity index (χ3n) is 1.55. The fourth-order valence-corrected chi connectivity index (χ4v) is 1.41. The molecule has 0 aliphatic carbocycles. The van der Waals surface area contributed by atoms with Crippen molar-refractivity contribution in [3.05, 3.63) is 0 Å². The Kier molecular flexibility index (Phi) is 4.74. The number of ether oxygens (including phenoxy) is 1. The number of carbonyl (C=O) groups excluding carboxylic acids is 1. The molecule has 0 aromatic carbocycles. The van der Waals surface area contributed by atoms with Crippen LogP contribution in [-0.4, -0.2) is 33.1 Å². The summed E-state index contributed by atoms with van der Waals surface area (Å²) in [5.41, 5.74) is -5.56. The van der Waals surface area contributed by atoms with Gasteiger partial charge in [0.1, 0.15) is 0 Å². The van der Waals surface area contributed by atoms with Crippen LogP contribution in [0.2, 0.25) is 0 Å². The first-order chi connectivity index (χ1) is 7.03. The molecule has 9 heteroatoms. The largest absolute Gasteiger partial charge is 0.523 e. The molecule has 0 aliphatic heterocycles. The second-order valence-electron chi connectivity index (χ2n) is 3.18. The minimum absolute atomic E-state index is 0.774. The maximum absolute atomic E-state index is 12.0. The monoisotopic (exact) mass is 264 g/mol. The van der Waals surface area contributed by atoms with Crippen molar-refractivity contribution in [2.75, 3.05) is 7.11 Å². The number of esters is 1. The lowest BCUT2D eigenvalue weighted by Gasteiger charge is -2.19. The van der Waals surface area contributed by atoms with Crippen LogP contribution in [0.1, 0.15) is 13.8 Å². The Morgan fingerprint density at radius 3 is 1.94 bits per heavy atom. The molecule has 96 valence electrons. The Labute approximate surface area is 90.6 Å². The Balaban J connectivity index is 4.99. The lowest BCUT2D eigenvalue weighted by Crippen LogP contribution is -2.37. The van der Waals surface area contributed by atoms with Gasteiger partial charge in [-0.1, -0.05) is 13.8 Å². The second kappa shape index (κ2) is 5.00. The van der Waals surface area contributed by atoms with Crippen LogP contribution in [0.25, 0.3) is 0 Å². The minimum Gasteiger partial charge on any atom is -0.467 e. The third-order valence-corrected chi connectivity index (χ3v) is 2.58. The van der Waals surface area contributed by atoms with Gasteiger partial charge in [0.15, 0.2) is 6.10 Å². The molecule has 0 spiro atoms. The molecule has 0 bridgehead atoms. The van der Waals surface area contributed by atoms with E-state index < -0.39 is 33.6 Å². The van der Waals surface area contributed by atoms with E-state index in [1.54, 1.807) is 0 Å². The van der Waals surface area contributed by atoms with Gasteiger partial charge in [-0.25, -0.2) is 8.98 Å². The van der Waals surface area contributed by atoms with Crippen LogP contribution < -0.4 is 0 Å². The smallest absolute Gasteiger partial charge is 0.467 e. The maximum atomic E-state index is 12.0. The second-order valence-corrected chi connectivity index (χ2v) is 4.75. The molecule has 0 aromatic rings. The molecule has 0 aliphatic rings. The number of rotatable bonds is 4. The van der Waals surface area contributed by atoms with Crippen molar-refractivity contribution in [1.29, 1.82) is 0 Å². The molecule has 0 N–H and O–H groups in total. The van der Waals surface area contributed by atoms with Gasteiger partial charge >= 0.3 is 21.6 Å². The summed E-state index contributed by atoms with van der Waals surface area (Å²) >= 11 is 0. The Morgan fingerprint density at radius 2 is 1.69 bits per heavy atom. The van der Waals surface area contributed by atoms with Gasteiger partial charge in [-0.15, -0.1) is 0 Å². The van der Waals surface area contributed by atoms with E-state index in [9.17, 15) is 26.4 Å². The summed E-state index contributed by atoms with van der Waals surface area (Å²) in [6.07, 6.45) is -1.81. The fourth-order valence-electron chi connectivity index (χ4n) is 0.730. The highest BCUT2D eigenvalue weighted by Crippen LogP contribution is 2.27. The SMILES string of the molecule is COC(=O)[C@@H](OS(=O)(=O)C(F)(F)F)C(C)C. The molecule has 0 fully saturated rings. The number of halogens is 3. The molecular weight excluding hydrogens is 253 g/mol. The highest BCUT2D eigenvalue weighted by atomic mass is 32.2. The lowest BCUT2D eigenvalue weighted by molar-refractivity contribution is -0.151. The molecule has 0 aromatic heterocycles. The van der Waals surface area contributed by atoms with Crippen LogP contribution in [0.4, 0.5) is 13.2 Å². The standard InChI is InChI=1S/C7H11F3O5S/c1-4(2)5(6(11)14-3)15-16(12,13)7(8,9)10/h4-5H,1-3H3/t5-/m0/s1. The maximum Gasteiger partial charge on any atom is 0.523 e. The Morgan fingerprint density at radius 1 is 1.25 bits per heavy atom. The van der Waals surface area contributed by atoms with Gasteiger partial charge in [0.25, 0.3) is 0 Å². The molecule has 16 heavy (non-hydrogen) atoms. The first-order valence-corrected chi connectivity index (χ1v) is 5.51. The molecule has 0 radical (unpaired) electrons. The first-order valence-electron chi connectivity index (χ1n) is 4.10. The van der Waals surface area contributed by atoms with Crippen LogP contribution in [-0.2, 0) is 23.8 Å². The van der Waals surface area contributed by atoms with E-state index in [1.165, 1.54) is 13.8 Å². The highest BCUT2D eigenvalue weighted by molar-refractivity contribution is 7.87. The normalized spacial score (nSPS) is 14.9. The Hall–Kier alpha value is -0.830. The molecule has 1 atom stereocenters. The van der Waals surface area contributed by atoms with Crippen molar-refractivity contribution >= 4 is 16.1 Å². The van der Waals surface area contributed by atoms with Crippen LogP contribution >= 0.6 is 0 Å². The minimum atomic E-state index is -5.80. The lowest BCUT2D eigenvalue weighted by atomic mass is 10.1. The summed E-state index contributed by atoms with van der Waals surface area (Å²) in [7, 11) is -4.88. The highest BCUT2D eigenvalue weighted by Gasteiger charge is 2.50. The summed E-state index contributed by atoms with van der Waals surface area (Å²) in [5.74, 6) is -1.95. The van der Waals surface area contributed by atoms with Gasteiger partial charge in [0.2, 0.25) is 0 Å². The van der Waals surface area contributed by atoms with Gasteiger partial charge in [-0.3, -0.25) is 0 Å². The van der Waals surface area contributed by atoms with Gasteiger partial charge in [-0.05, 0) is 5.92 Å². The van der Waals surface area contributed by atoms with Crippen LogP contribution in [0.15, 0.2) is 0 Å². The van der Waals surface area contributed by atoms with Crippen molar-refractivity contribution in [3.8, 4) is 0 Å². The summed E-state index contributed by atoms with van der Waals surface area (Å²) in [5, 5.41) is 0. The van der Waals surface area contributed by atoms with E-state index in [2.05, 4.69) is 8.92 Å². The number of hydrogen-bond acceptors (Lipinski definition) is 5. The van der Waals surface area contributed by atoms with Crippen molar-refractivity contribution in [1.82, 2.24) is 0 Å². The number of hydrogen-bond donors (Lipinski definition) is 0. The van der Waals surface area contributed by atoms with Crippen molar-refractivity contribution in [2.24, 2.45) is 5.92 Å². The molecule has 0 rings (SSSR count). The van der Waals surface area contributed by atoms with Crippen LogP contribution in [0, 0.1) is 5.92 Å². The van der Waals surface area contributed by atoms with E-state index in [-0.39, 0.29) is 0 Å². The van der Waals surface area contributed by atoms with E-state index in [1.807, 2.05) is 0 Å². The molecule has 0 saturated carbocycles. The van der Waals surface area contributed by atoms with E-state index in [4.69, 9.17) is 0 Å². The quantitative estimate of drug-likeness (QED) is 0.431. The molecule has 5 nitrogen and oxygen atoms in total. The summed E-state index contributed by atoms with van der Waals surface area (Å²) in [6, 6.07) is 0. The first kappa shape index (κ1) is 15.2. The van der Waals surface area contributed by atoms with E-state index in [0.717, 1.165) is 7.11 Å². The van der Waals surface area contributed by atoms with Crippen molar-refractivity contribution < 1.29 is 35.3 Å². The van der Waals surface area contributed by atoms with Crippen LogP contribution in [0.3, 0.4) is 0 Å². The predicted octanol–water partition coefficient (Wildman–Crippen LogP) is 1.05. The molecule has 0 amide bonds. The van der Waals surface area contributed by atoms with Gasteiger partial charge < -0.3 is 4.74 Å². The average Bonchev–Trinajstić information content (AvgIpc) is 2.10. The average molecular weight is 264 g/mol. The zero-order valence-corrected chi connectivity index (χ0v) is 9.55. The molecule has 0 saturated heterocycles. The van der Waals surface area contributed by atoms with Gasteiger partial charge in [0, 0.05) is 0 Å². The van der Waals surface area contributed by atoms with E-state index in [0.29, 0.717) is 0 Å². The predicted molar refractivity (Wildman–Crippen MR) is 46.7 cm³/mol. The zero-order chi connectivity index (χ0) is 13.1. The third kappa shape index (κ3) is 3.63. The van der Waals surface area contributed by atoms with Crippen molar-refractivity contribution in [2.45, 2.75) is 25.5 Å². The van der Waals surface area contributed by atoms with Crippen LogP contribution in [0.5, 0.6) is 0 Å². The Bertz CT molecular complexity index is 346. The fraction of sp³-hybridized carbons (Fsp3) is 0.857. The number of methoxy groups -OCH3 is 1. The topological polar surface area (TPSA) is 69.7 Å². The van der Waals surface area contributed by atoms with Gasteiger partial charge in [-0.2, -0.15) is 21.6 Å². The molecule has 0 heterocycles. The molecular formula is C7H11F3O5S. The van der Waals surface area contributed by atoms with Crippen molar-refractivity contribution in [3.63, 3.8) is 0 Å². The summed E-state index contributed by atoms with van der Waals surface area (Å²) < 4.78 is 65.1. The summed E-state index contributed by atoms with van der Waals surface area (Å²) in [4.78, 5) is 11.0. The van der Waals surface area contributed by atoms with E-state index >= 15 is 0 Å². The summed E-state index contributed by atoms with van der Waals surface area (Å²) in [6.45, 7) is 2.65.